The highest BCUT2D eigenvalue weighted by Gasteiger charge is 2.39. The van der Waals surface area contributed by atoms with Crippen molar-refractivity contribution >= 4 is 45.0 Å². The summed E-state index contributed by atoms with van der Waals surface area (Å²) in [6, 6.07) is 3.17. The summed E-state index contributed by atoms with van der Waals surface area (Å²) in [5.74, 6) is -0.513. The molecule has 2 atom stereocenters. The molecule has 0 aliphatic carbocycles. The number of rotatable bonds is 4. The second kappa shape index (κ2) is 6.76. The molecule has 1 aliphatic heterocycles. The van der Waals surface area contributed by atoms with E-state index in [0.29, 0.717) is 0 Å². The van der Waals surface area contributed by atoms with Crippen LogP contribution in [0.15, 0.2) is 23.1 Å². The molecule has 2 rings (SSSR count). The van der Waals surface area contributed by atoms with Gasteiger partial charge >= 0.3 is 0 Å². The van der Waals surface area contributed by atoms with Crippen molar-refractivity contribution in [1.82, 2.24) is 4.90 Å². The molecule has 0 aromatic heterocycles. The van der Waals surface area contributed by atoms with E-state index in [1.165, 1.54) is 36.9 Å². The van der Waals surface area contributed by atoms with Gasteiger partial charge in [-0.05, 0) is 25.1 Å². The third-order valence-corrected chi connectivity index (χ3v) is 5.67. The first-order chi connectivity index (χ1) is 10.6. The van der Waals surface area contributed by atoms with Gasteiger partial charge < -0.3 is 4.90 Å². The molecule has 0 spiro atoms. The Kier molecular flexibility index (Phi) is 5.35. The predicted octanol–water partition coefficient (Wildman–Crippen LogP) is 2.28. The van der Waals surface area contributed by atoms with E-state index in [0.717, 1.165) is 0 Å². The molecule has 0 N–H and O–H groups in total. The third kappa shape index (κ3) is 4.03. The fourth-order valence-corrected chi connectivity index (χ4v) is 3.94. The minimum absolute atomic E-state index is 0.0418. The smallest absolute Gasteiger partial charge is 0.297 e. The number of carbonyl (C=O) groups excluding carboxylic acids is 2. The first-order valence-electron chi connectivity index (χ1n) is 6.78. The largest absolute Gasteiger partial charge is 0.330 e. The minimum Gasteiger partial charge on any atom is -0.330 e. The highest BCUT2D eigenvalue weighted by atomic mass is 35.5. The second-order valence-electron chi connectivity index (χ2n) is 5.28. The lowest BCUT2D eigenvalue weighted by molar-refractivity contribution is -0.135. The van der Waals surface area contributed by atoms with E-state index in [4.69, 9.17) is 27.4 Å². The zero-order chi connectivity index (χ0) is 17.4. The van der Waals surface area contributed by atoms with Gasteiger partial charge in [0.1, 0.15) is 0 Å². The lowest BCUT2D eigenvalue weighted by Crippen LogP contribution is -2.38. The summed E-state index contributed by atoms with van der Waals surface area (Å²) in [5.41, 5.74) is 0. The summed E-state index contributed by atoms with van der Waals surface area (Å²) in [4.78, 5) is 24.3. The second-order valence-corrected chi connectivity index (χ2v) is 7.67. The van der Waals surface area contributed by atoms with E-state index in [9.17, 15) is 18.0 Å². The van der Waals surface area contributed by atoms with Gasteiger partial charge in [0.25, 0.3) is 10.1 Å². The van der Waals surface area contributed by atoms with Gasteiger partial charge in [0, 0.05) is 19.9 Å². The molecule has 126 valence electrons. The fourth-order valence-electron chi connectivity index (χ4n) is 2.47. The molecule has 23 heavy (non-hydrogen) atoms. The van der Waals surface area contributed by atoms with Gasteiger partial charge in [0.15, 0.2) is 5.78 Å². The highest BCUT2D eigenvalue weighted by Crippen LogP contribution is 2.28. The molecule has 1 aromatic rings. The molecule has 1 amide bonds. The van der Waals surface area contributed by atoms with Crippen LogP contribution in [-0.2, 0) is 23.9 Å². The van der Waals surface area contributed by atoms with Crippen molar-refractivity contribution in [3.05, 3.63) is 28.2 Å². The number of Topliss-reactive ketones (excluding diaryl/α,β-unsaturated/α-hetero) is 1. The molecule has 0 unspecified atom stereocenters. The van der Waals surface area contributed by atoms with Gasteiger partial charge in [-0.3, -0.25) is 13.8 Å². The standard InChI is InChI=1S/C14H15Cl2NO5S/c1-8(18)14-5-10(7-17(14)9(2)19)22-23(20,21)11-3-4-12(15)13(16)6-11/h3-4,6,10,14H,5,7H2,1-2H3/t10-,14+/m1/s1. The van der Waals surface area contributed by atoms with Crippen molar-refractivity contribution in [2.75, 3.05) is 6.54 Å². The van der Waals surface area contributed by atoms with Gasteiger partial charge in [0.05, 0.1) is 27.1 Å². The first-order valence-corrected chi connectivity index (χ1v) is 8.94. The van der Waals surface area contributed by atoms with Crippen LogP contribution in [0.3, 0.4) is 0 Å². The van der Waals surface area contributed by atoms with Gasteiger partial charge in [-0.1, -0.05) is 23.2 Å². The molecule has 0 radical (unpaired) electrons. The SMILES string of the molecule is CC(=O)[C@@H]1C[C@@H](OS(=O)(=O)c2ccc(Cl)c(Cl)c2)CN1C(C)=O. The average molecular weight is 380 g/mol. The summed E-state index contributed by atoms with van der Waals surface area (Å²) in [7, 11) is -4.07. The van der Waals surface area contributed by atoms with E-state index in [1.807, 2.05) is 0 Å². The number of nitrogens with zero attached hydrogens (tertiary/aromatic N) is 1. The first kappa shape index (κ1) is 18.2. The predicted molar refractivity (Wildman–Crippen MR) is 85.0 cm³/mol. The molecule has 1 aliphatic rings. The fraction of sp³-hybridized carbons (Fsp3) is 0.429. The summed E-state index contributed by atoms with van der Waals surface area (Å²) < 4.78 is 29.7. The summed E-state index contributed by atoms with van der Waals surface area (Å²) in [6.45, 7) is 2.72. The molecule has 9 heteroatoms. The van der Waals surface area contributed by atoms with E-state index >= 15 is 0 Å². The number of hydrogen-bond acceptors (Lipinski definition) is 5. The van der Waals surface area contributed by atoms with Crippen molar-refractivity contribution in [3.63, 3.8) is 0 Å². The molecular weight excluding hydrogens is 365 g/mol. The molecular formula is C14H15Cl2NO5S. The quantitative estimate of drug-likeness (QED) is 0.749. The van der Waals surface area contributed by atoms with Crippen LogP contribution >= 0.6 is 23.2 Å². The molecule has 6 nitrogen and oxygen atoms in total. The monoisotopic (exact) mass is 379 g/mol. The maximum absolute atomic E-state index is 12.3. The number of halogens is 2. The summed E-state index contributed by atoms with van der Waals surface area (Å²) in [5, 5.41) is 0.320. The molecule has 1 fully saturated rings. The van der Waals surface area contributed by atoms with E-state index in [-0.39, 0.29) is 39.6 Å². The van der Waals surface area contributed by atoms with Crippen molar-refractivity contribution in [2.24, 2.45) is 0 Å². The Hall–Kier alpha value is -1.15. The van der Waals surface area contributed by atoms with Crippen LogP contribution in [0.2, 0.25) is 10.0 Å². The normalized spacial score (nSPS) is 21.5. The van der Waals surface area contributed by atoms with Crippen LogP contribution in [0.4, 0.5) is 0 Å². The van der Waals surface area contributed by atoms with Crippen molar-refractivity contribution < 1.29 is 22.2 Å². The average Bonchev–Trinajstić information content (AvgIpc) is 2.85. The van der Waals surface area contributed by atoms with Gasteiger partial charge in [-0.25, -0.2) is 0 Å². The Bertz CT molecular complexity index is 728. The van der Waals surface area contributed by atoms with Crippen molar-refractivity contribution in [1.29, 1.82) is 0 Å². The summed E-state index contributed by atoms with van der Waals surface area (Å²) >= 11 is 11.6. The lowest BCUT2D eigenvalue weighted by atomic mass is 10.1. The Labute approximate surface area is 144 Å². The minimum atomic E-state index is -4.07. The number of likely N-dealkylation sites (tertiary alicyclic amines) is 1. The van der Waals surface area contributed by atoms with E-state index < -0.39 is 22.3 Å². The zero-order valence-corrected chi connectivity index (χ0v) is 14.8. The summed E-state index contributed by atoms with van der Waals surface area (Å²) in [6.07, 6.45) is -0.651. The number of benzene rings is 1. The Morgan fingerprint density at radius 3 is 2.35 bits per heavy atom. The molecule has 0 saturated carbocycles. The van der Waals surface area contributed by atoms with Crippen LogP contribution in [0.1, 0.15) is 20.3 Å². The van der Waals surface area contributed by atoms with Crippen LogP contribution in [-0.4, -0.2) is 43.7 Å². The maximum atomic E-state index is 12.3. The zero-order valence-electron chi connectivity index (χ0n) is 12.5. The Morgan fingerprint density at radius 2 is 1.87 bits per heavy atom. The third-order valence-electron chi connectivity index (χ3n) is 3.58. The molecule has 1 aromatic carbocycles. The highest BCUT2D eigenvalue weighted by molar-refractivity contribution is 7.86. The van der Waals surface area contributed by atoms with Crippen LogP contribution in [0.5, 0.6) is 0 Å². The Morgan fingerprint density at radius 1 is 1.22 bits per heavy atom. The molecule has 1 heterocycles. The topological polar surface area (TPSA) is 80.8 Å². The maximum Gasteiger partial charge on any atom is 0.297 e. The van der Waals surface area contributed by atoms with Crippen LogP contribution in [0, 0.1) is 0 Å². The van der Waals surface area contributed by atoms with E-state index in [2.05, 4.69) is 0 Å². The van der Waals surface area contributed by atoms with Crippen LogP contribution < -0.4 is 0 Å². The van der Waals surface area contributed by atoms with E-state index in [1.54, 1.807) is 0 Å². The number of ketones is 1. The molecule has 1 saturated heterocycles. The molecule has 0 bridgehead atoms. The lowest BCUT2D eigenvalue weighted by Gasteiger charge is -2.20. The number of carbonyl (C=O) groups is 2. The number of hydrogen-bond donors (Lipinski definition) is 0. The van der Waals surface area contributed by atoms with Gasteiger partial charge in [-0.2, -0.15) is 8.42 Å². The Balaban J connectivity index is 2.19. The number of amides is 1. The van der Waals surface area contributed by atoms with Crippen molar-refractivity contribution in [3.8, 4) is 0 Å². The van der Waals surface area contributed by atoms with Crippen LogP contribution in [0.25, 0.3) is 0 Å². The van der Waals surface area contributed by atoms with Gasteiger partial charge in [0.2, 0.25) is 5.91 Å². The van der Waals surface area contributed by atoms with Gasteiger partial charge in [-0.15, -0.1) is 0 Å². The van der Waals surface area contributed by atoms with Crippen molar-refractivity contribution in [2.45, 2.75) is 37.3 Å².